The molecule has 2 amide bonds. The summed E-state index contributed by atoms with van der Waals surface area (Å²) in [6.45, 7) is 1.87. The van der Waals surface area contributed by atoms with E-state index < -0.39 is 22.7 Å². The third-order valence-corrected chi connectivity index (χ3v) is 4.45. The number of amides is 2. The maximum atomic E-state index is 12.9. The van der Waals surface area contributed by atoms with E-state index in [0.29, 0.717) is 18.0 Å². The Bertz CT molecular complexity index is 906. The Morgan fingerprint density at radius 3 is 2.30 bits per heavy atom. The second-order valence-electron chi connectivity index (χ2n) is 6.29. The highest BCUT2D eigenvalue weighted by Gasteiger charge is 2.33. The van der Waals surface area contributed by atoms with E-state index in [1.807, 2.05) is 0 Å². The molecule has 0 radical (unpaired) electrons. The van der Waals surface area contributed by atoms with Gasteiger partial charge in [0, 0.05) is 5.69 Å². The van der Waals surface area contributed by atoms with Crippen LogP contribution in [0.4, 0.5) is 24.5 Å². The van der Waals surface area contributed by atoms with Gasteiger partial charge in [-0.1, -0.05) is 30.7 Å². The van der Waals surface area contributed by atoms with Crippen LogP contribution < -0.4 is 15.4 Å². The van der Waals surface area contributed by atoms with Gasteiger partial charge >= 0.3 is 6.18 Å². The minimum Gasteiger partial charge on any atom is -0.495 e. The maximum absolute atomic E-state index is 12.9. The topological polar surface area (TPSA) is 70.7 Å². The quantitative estimate of drug-likeness (QED) is 0.639. The summed E-state index contributed by atoms with van der Waals surface area (Å²) in [5, 5.41) is 4.64. The van der Waals surface area contributed by atoms with Crippen LogP contribution in [0.25, 0.3) is 0 Å². The summed E-state index contributed by atoms with van der Waals surface area (Å²) < 4.78 is 44.0. The number of hydrogen-bond acceptors (Lipinski definition) is 4. The molecule has 10 heteroatoms. The van der Waals surface area contributed by atoms with E-state index in [0.717, 1.165) is 12.1 Å². The average Bonchev–Trinajstić information content (AvgIpc) is 2.68. The van der Waals surface area contributed by atoms with Crippen molar-refractivity contribution < 1.29 is 27.5 Å². The molecule has 6 nitrogen and oxygen atoms in total. The van der Waals surface area contributed by atoms with Gasteiger partial charge in [-0.15, -0.1) is 0 Å². The molecule has 2 aromatic carbocycles. The molecule has 0 atom stereocenters. The van der Waals surface area contributed by atoms with Gasteiger partial charge in [0.2, 0.25) is 11.8 Å². The van der Waals surface area contributed by atoms with Gasteiger partial charge in [-0.3, -0.25) is 14.5 Å². The first-order valence-corrected chi connectivity index (χ1v) is 9.33. The number of rotatable bonds is 8. The molecule has 30 heavy (non-hydrogen) atoms. The molecule has 0 bridgehead atoms. The van der Waals surface area contributed by atoms with Crippen LogP contribution in [0.3, 0.4) is 0 Å². The lowest BCUT2D eigenvalue weighted by atomic mass is 10.2. The predicted molar refractivity (Wildman–Crippen MR) is 109 cm³/mol. The smallest absolute Gasteiger partial charge is 0.417 e. The van der Waals surface area contributed by atoms with Crippen molar-refractivity contribution in [1.29, 1.82) is 0 Å². The highest BCUT2D eigenvalue weighted by atomic mass is 35.5. The van der Waals surface area contributed by atoms with Gasteiger partial charge < -0.3 is 15.4 Å². The van der Waals surface area contributed by atoms with E-state index in [2.05, 4.69) is 10.6 Å². The molecule has 2 rings (SSSR count). The molecule has 0 heterocycles. The van der Waals surface area contributed by atoms with E-state index in [1.165, 1.54) is 13.2 Å². The van der Waals surface area contributed by atoms with E-state index in [4.69, 9.17) is 16.3 Å². The molecular weight excluding hydrogens is 423 g/mol. The Morgan fingerprint density at radius 1 is 1.07 bits per heavy atom. The molecule has 0 aliphatic rings. The Morgan fingerprint density at radius 2 is 1.70 bits per heavy atom. The molecular formula is C20H21ClF3N3O3. The number of nitrogens with one attached hydrogen (secondary N) is 2. The minimum absolute atomic E-state index is 0.0359. The zero-order valence-corrected chi connectivity index (χ0v) is 17.1. The van der Waals surface area contributed by atoms with Gasteiger partial charge in [-0.25, -0.2) is 0 Å². The number of methoxy groups -OCH3 is 1. The second kappa shape index (κ2) is 10.3. The molecule has 0 aromatic heterocycles. The van der Waals surface area contributed by atoms with Crippen LogP contribution in [0.5, 0.6) is 5.75 Å². The number of anilines is 2. The number of hydrogen-bond donors (Lipinski definition) is 2. The normalized spacial score (nSPS) is 11.3. The van der Waals surface area contributed by atoms with Crippen LogP contribution in [0, 0.1) is 0 Å². The zero-order valence-electron chi connectivity index (χ0n) is 16.3. The summed E-state index contributed by atoms with van der Waals surface area (Å²) in [7, 11) is 1.48. The predicted octanol–water partition coefficient (Wildman–Crippen LogP) is 4.27. The van der Waals surface area contributed by atoms with Crippen molar-refractivity contribution in [3.63, 3.8) is 0 Å². The molecule has 0 aliphatic carbocycles. The fourth-order valence-electron chi connectivity index (χ4n) is 2.64. The fraction of sp³-hybridized carbons (Fsp3) is 0.300. The molecule has 2 N–H and O–H groups in total. The van der Waals surface area contributed by atoms with Crippen molar-refractivity contribution in [1.82, 2.24) is 4.90 Å². The summed E-state index contributed by atoms with van der Waals surface area (Å²) in [6.07, 6.45) is -4.64. The number of benzene rings is 2. The first-order valence-electron chi connectivity index (χ1n) is 8.95. The van der Waals surface area contributed by atoms with Gasteiger partial charge in [0.15, 0.2) is 0 Å². The van der Waals surface area contributed by atoms with Crippen LogP contribution in [0.2, 0.25) is 5.02 Å². The molecule has 0 unspecified atom stereocenters. The van der Waals surface area contributed by atoms with Gasteiger partial charge in [-0.2, -0.15) is 13.2 Å². The van der Waals surface area contributed by atoms with E-state index in [-0.39, 0.29) is 24.7 Å². The standard InChI is InChI=1S/C20H21ClF3N3O3/c1-3-27(12-19(29)26-16-6-4-5-7-17(16)30-2)11-18(28)25-13-8-9-15(21)14(10-13)20(22,23)24/h4-10H,3,11-12H2,1-2H3,(H,25,28)(H,26,29). The molecule has 2 aromatic rings. The van der Waals surface area contributed by atoms with Crippen LogP contribution in [-0.2, 0) is 15.8 Å². The highest BCUT2D eigenvalue weighted by Crippen LogP contribution is 2.36. The van der Waals surface area contributed by atoms with Crippen LogP contribution >= 0.6 is 11.6 Å². The Balaban J connectivity index is 1.97. The Kier molecular flexibility index (Phi) is 8.08. The van der Waals surface area contributed by atoms with Crippen molar-refractivity contribution in [2.45, 2.75) is 13.1 Å². The third-order valence-electron chi connectivity index (χ3n) is 4.12. The number of halogens is 4. The molecule has 0 saturated heterocycles. The number of nitrogens with zero attached hydrogens (tertiary/aromatic N) is 1. The van der Waals surface area contributed by atoms with Gasteiger partial charge in [0.25, 0.3) is 0 Å². The van der Waals surface area contributed by atoms with Crippen molar-refractivity contribution in [2.75, 3.05) is 37.4 Å². The highest BCUT2D eigenvalue weighted by molar-refractivity contribution is 6.31. The number of carbonyl (C=O) groups is 2. The monoisotopic (exact) mass is 443 g/mol. The van der Waals surface area contributed by atoms with Crippen molar-refractivity contribution in [2.24, 2.45) is 0 Å². The van der Waals surface area contributed by atoms with Crippen molar-refractivity contribution in [3.05, 3.63) is 53.1 Å². The van der Waals surface area contributed by atoms with Crippen molar-refractivity contribution >= 4 is 34.8 Å². The van der Waals surface area contributed by atoms with E-state index in [1.54, 1.807) is 36.1 Å². The molecule has 162 valence electrons. The summed E-state index contributed by atoms with van der Waals surface area (Å²) in [6, 6.07) is 9.99. The summed E-state index contributed by atoms with van der Waals surface area (Å²) >= 11 is 5.58. The van der Waals surface area contributed by atoms with Crippen LogP contribution in [0.1, 0.15) is 12.5 Å². The molecule has 0 saturated carbocycles. The second-order valence-corrected chi connectivity index (χ2v) is 6.70. The summed E-state index contributed by atoms with van der Waals surface area (Å²) in [5.74, 6) is -0.424. The summed E-state index contributed by atoms with van der Waals surface area (Å²) in [5.41, 5.74) is -0.580. The maximum Gasteiger partial charge on any atom is 0.417 e. The lowest BCUT2D eigenvalue weighted by molar-refractivity contribution is -0.137. The zero-order chi connectivity index (χ0) is 22.3. The number of carbonyl (C=O) groups excluding carboxylic acids is 2. The van der Waals surface area contributed by atoms with Crippen LogP contribution in [0.15, 0.2) is 42.5 Å². The molecule has 0 spiro atoms. The first kappa shape index (κ1) is 23.5. The average molecular weight is 444 g/mol. The number of para-hydroxylation sites is 2. The SMILES string of the molecule is CCN(CC(=O)Nc1ccc(Cl)c(C(F)(F)F)c1)CC(=O)Nc1ccccc1OC. The lowest BCUT2D eigenvalue weighted by Crippen LogP contribution is -2.38. The minimum atomic E-state index is -4.64. The molecule has 0 fully saturated rings. The van der Waals surface area contributed by atoms with Crippen LogP contribution in [-0.4, -0.2) is 43.5 Å². The third kappa shape index (κ3) is 6.64. The number of alkyl halides is 3. The summed E-state index contributed by atoms with van der Waals surface area (Å²) in [4.78, 5) is 26.1. The molecule has 0 aliphatic heterocycles. The number of likely N-dealkylation sites (N-methyl/N-ethyl adjacent to an activating group) is 1. The first-order chi connectivity index (χ1) is 14.1. The van der Waals surface area contributed by atoms with Crippen molar-refractivity contribution in [3.8, 4) is 5.75 Å². The Labute approximate surface area is 177 Å². The largest absolute Gasteiger partial charge is 0.495 e. The van der Waals surface area contributed by atoms with Gasteiger partial charge in [0.05, 0.1) is 36.5 Å². The van der Waals surface area contributed by atoms with E-state index >= 15 is 0 Å². The van der Waals surface area contributed by atoms with E-state index in [9.17, 15) is 22.8 Å². The number of ether oxygens (including phenoxy) is 1. The van der Waals surface area contributed by atoms with Gasteiger partial charge in [-0.05, 0) is 36.9 Å². The van der Waals surface area contributed by atoms with Gasteiger partial charge in [0.1, 0.15) is 5.75 Å². The fourth-order valence-corrected chi connectivity index (χ4v) is 2.87. The Hall–Kier alpha value is -2.78. The lowest BCUT2D eigenvalue weighted by Gasteiger charge is -2.20.